The average molecular weight is 509 g/mol. The largest absolute Gasteiger partial charge is 0.497 e. The highest BCUT2D eigenvalue weighted by Crippen LogP contribution is 2.34. The van der Waals surface area contributed by atoms with Gasteiger partial charge in [0, 0.05) is 24.1 Å². The lowest BCUT2D eigenvalue weighted by Gasteiger charge is -2.33. The number of ether oxygens (including phenoxy) is 1. The van der Waals surface area contributed by atoms with Crippen LogP contribution in [0.2, 0.25) is 0 Å². The SMILES string of the molecule is COc1ccc(N(C(=O)c2snc(C(N)=O)c2N)[C@H](C(=O)NC2CCCCC2)c2ccncc2)cc1. The minimum Gasteiger partial charge on any atom is -0.497 e. The predicted octanol–water partition coefficient (Wildman–Crippen LogP) is 3.06. The van der Waals surface area contributed by atoms with E-state index in [1.54, 1.807) is 55.9 Å². The summed E-state index contributed by atoms with van der Waals surface area (Å²) in [6.07, 6.45) is 8.13. The summed E-state index contributed by atoms with van der Waals surface area (Å²) in [5, 5.41) is 3.14. The highest BCUT2D eigenvalue weighted by molar-refractivity contribution is 7.09. The Labute approximate surface area is 212 Å². The van der Waals surface area contributed by atoms with Gasteiger partial charge >= 0.3 is 0 Å². The summed E-state index contributed by atoms with van der Waals surface area (Å²) in [7, 11) is 1.54. The first-order chi connectivity index (χ1) is 17.4. The molecule has 4 rings (SSSR count). The van der Waals surface area contributed by atoms with Gasteiger partial charge in [0.05, 0.1) is 12.8 Å². The van der Waals surface area contributed by atoms with Crippen LogP contribution in [0.15, 0.2) is 48.8 Å². The van der Waals surface area contributed by atoms with Crippen molar-refractivity contribution < 1.29 is 19.1 Å². The number of anilines is 2. The molecule has 1 fully saturated rings. The molecule has 1 aliphatic carbocycles. The van der Waals surface area contributed by atoms with Crippen LogP contribution >= 0.6 is 11.5 Å². The van der Waals surface area contributed by atoms with Crippen molar-refractivity contribution in [3.05, 3.63) is 64.9 Å². The first kappa shape index (κ1) is 25.1. The fourth-order valence-electron chi connectivity index (χ4n) is 4.36. The van der Waals surface area contributed by atoms with Gasteiger partial charge in [0.1, 0.15) is 16.7 Å². The minimum atomic E-state index is -1.03. The van der Waals surface area contributed by atoms with Gasteiger partial charge in [-0.15, -0.1) is 0 Å². The van der Waals surface area contributed by atoms with Crippen molar-refractivity contribution in [3.8, 4) is 5.75 Å². The van der Waals surface area contributed by atoms with Crippen LogP contribution in [0, 0.1) is 0 Å². The molecule has 11 heteroatoms. The average Bonchev–Trinajstić information content (AvgIpc) is 3.29. The molecule has 3 aromatic rings. The van der Waals surface area contributed by atoms with Crippen LogP contribution < -0.4 is 26.4 Å². The molecule has 0 radical (unpaired) electrons. The minimum absolute atomic E-state index is 0.0177. The van der Waals surface area contributed by atoms with Gasteiger partial charge in [-0.1, -0.05) is 19.3 Å². The summed E-state index contributed by atoms with van der Waals surface area (Å²) >= 11 is 0.767. The number of nitrogens with zero attached hydrogens (tertiary/aromatic N) is 3. The second kappa shape index (κ2) is 11.2. The van der Waals surface area contributed by atoms with Crippen molar-refractivity contribution in [3.63, 3.8) is 0 Å². The number of nitrogens with two attached hydrogens (primary N) is 2. The van der Waals surface area contributed by atoms with Crippen molar-refractivity contribution in [2.45, 2.75) is 44.2 Å². The summed E-state index contributed by atoms with van der Waals surface area (Å²) in [5.74, 6) is -1.15. The zero-order valence-corrected chi connectivity index (χ0v) is 20.7. The lowest BCUT2D eigenvalue weighted by Crippen LogP contribution is -2.47. The van der Waals surface area contributed by atoms with Crippen LogP contribution in [-0.2, 0) is 4.79 Å². The molecule has 188 valence electrons. The molecule has 1 atom stereocenters. The van der Waals surface area contributed by atoms with Crippen LogP contribution in [0.1, 0.15) is 63.9 Å². The van der Waals surface area contributed by atoms with Gasteiger partial charge in [-0.3, -0.25) is 24.3 Å². The lowest BCUT2D eigenvalue weighted by atomic mass is 9.94. The number of nitrogens with one attached hydrogen (secondary N) is 1. The van der Waals surface area contributed by atoms with Gasteiger partial charge in [0.2, 0.25) is 5.91 Å². The van der Waals surface area contributed by atoms with E-state index < -0.39 is 17.9 Å². The zero-order valence-electron chi connectivity index (χ0n) is 19.8. The number of aromatic nitrogens is 2. The van der Waals surface area contributed by atoms with Crippen molar-refractivity contribution in [1.29, 1.82) is 0 Å². The van der Waals surface area contributed by atoms with Gasteiger partial charge in [-0.25, -0.2) is 0 Å². The van der Waals surface area contributed by atoms with Gasteiger partial charge in [0.15, 0.2) is 5.69 Å². The maximum Gasteiger partial charge on any atom is 0.273 e. The number of benzene rings is 1. The molecule has 5 N–H and O–H groups in total. The molecule has 1 aliphatic rings. The molecule has 1 saturated carbocycles. The second-order valence-corrected chi connectivity index (χ2v) is 9.31. The van der Waals surface area contributed by atoms with E-state index in [0.717, 1.165) is 43.6 Å². The summed E-state index contributed by atoms with van der Waals surface area (Å²) in [6.45, 7) is 0. The molecule has 0 unspecified atom stereocenters. The Bertz CT molecular complexity index is 1230. The van der Waals surface area contributed by atoms with Gasteiger partial charge in [-0.05, 0) is 66.3 Å². The molecule has 3 amide bonds. The van der Waals surface area contributed by atoms with Crippen molar-refractivity contribution >= 4 is 40.6 Å². The Kier molecular flexibility index (Phi) is 7.79. The van der Waals surface area contributed by atoms with Crippen molar-refractivity contribution in [2.24, 2.45) is 5.73 Å². The third-order valence-electron chi connectivity index (χ3n) is 6.20. The smallest absolute Gasteiger partial charge is 0.273 e. The topological polar surface area (TPSA) is 154 Å². The van der Waals surface area contributed by atoms with Gasteiger partial charge < -0.3 is 21.5 Å². The van der Waals surface area contributed by atoms with Gasteiger partial charge in [-0.2, -0.15) is 4.37 Å². The van der Waals surface area contributed by atoms with Crippen LogP contribution in [0.5, 0.6) is 5.75 Å². The molecule has 0 bridgehead atoms. The summed E-state index contributed by atoms with van der Waals surface area (Å²) in [6, 6.07) is 9.15. The quantitative estimate of drug-likeness (QED) is 0.422. The molecular formula is C25H28N6O4S. The Morgan fingerprint density at radius 1 is 1.08 bits per heavy atom. The first-order valence-electron chi connectivity index (χ1n) is 11.6. The van der Waals surface area contributed by atoms with Crippen LogP contribution in [-0.4, -0.2) is 40.2 Å². The highest BCUT2D eigenvalue weighted by Gasteiger charge is 2.36. The number of rotatable bonds is 8. The van der Waals surface area contributed by atoms with E-state index >= 15 is 0 Å². The standard InChI is InChI=1S/C25H28N6O4S/c1-35-18-9-7-17(8-10-18)31(25(34)22-19(26)20(23(27)32)30-36-22)21(15-11-13-28-14-12-15)24(33)29-16-5-3-2-4-6-16/h7-14,16,21H,2-6,26H2,1H3,(H2,27,32)(H,29,33)/t21-/m0/s1. The third-order valence-corrected chi connectivity index (χ3v) is 7.06. The number of carbonyl (C=O) groups excluding carboxylic acids is 3. The summed E-state index contributed by atoms with van der Waals surface area (Å²) in [4.78, 5) is 45.0. The number of hydrogen-bond acceptors (Lipinski definition) is 8. The van der Waals surface area contributed by atoms with Crippen LogP contribution in [0.3, 0.4) is 0 Å². The maximum atomic E-state index is 14.0. The van der Waals surface area contributed by atoms with E-state index in [9.17, 15) is 14.4 Å². The van der Waals surface area contributed by atoms with Gasteiger partial charge in [0.25, 0.3) is 11.8 Å². The number of carbonyl (C=O) groups is 3. The number of amides is 3. The molecule has 1 aromatic carbocycles. The highest BCUT2D eigenvalue weighted by atomic mass is 32.1. The Hall–Kier alpha value is -3.99. The molecule has 2 heterocycles. The fraction of sp³-hybridized carbons (Fsp3) is 0.320. The molecule has 36 heavy (non-hydrogen) atoms. The van der Waals surface area contributed by atoms with E-state index in [1.807, 2.05) is 0 Å². The second-order valence-electron chi connectivity index (χ2n) is 8.54. The van der Waals surface area contributed by atoms with E-state index in [2.05, 4.69) is 14.7 Å². The Balaban J connectivity index is 1.81. The summed E-state index contributed by atoms with van der Waals surface area (Å²) in [5.41, 5.74) is 12.2. The molecule has 10 nitrogen and oxygen atoms in total. The monoisotopic (exact) mass is 508 g/mol. The van der Waals surface area contributed by atoms with E-state index in [1.165, 1.54) is 4.90 Å². The van der Waals surface area contributed by atoms with E-state index in [4.69, 9.17) is 16.2 Å². The molecule has 2 aromatic heterocycles. The zero-order chi connectivity index (χ0) is 25.7. The number of methoxy groups -OCH3 is 1. The van der Waals surface area contributed by atoms with Crippen LogP contribution in [0.4, 0.5) is 11.4 Å². The summed E-state index contributed by atoms with van der Waals surface area (Å²) < 4.78 is 9.24. The Morgan fingerprint density at radius 3 is 2.33 bits per heavy atom. The molecule has 0 aliphatic heterocycles. The third kappa shape index (κ3) is 5.30. The fourth-order valence-corrected chi connectivity index (χ4v) is 5.10. The Morgan fingerprint density at radius 2 is 1.75 bits per heavy atom. The van der Waals surface area contributed by atoms with E-state index in [0.29, 0.717) is 17.0 Å². The van der Waals surface area contributed by atoms with E-state index in [-0.39, 0.29) is 28.2 Å². The maximum absolute atomic E-state index is 14.0. The van der Waals surface area contributed by atoms with Crippen molar-refractivity contribution in [2.75, 3.05) is 17.7 Å². The number of pyridine rings is 1. The van der Waals surface area contributed by atoms with Crippen LogP contribution in [0.25, 0.3) is 0 Å². The predicted molar refractivity (Wildman–Crippen MR) is 137 cm³/mol. The number of primary amides is 1. The lowest BCUT2D eigenvalue weighted by molar-refractivity contribution is -0.123. The number of nitrogen functional groups attached to an aromatic ring is 1. The molecule has 0 saturated heterocycles. The number of hydrogen-bond donors (Lipinski definition) is 3. The normalized spacial score (nSPS) is 14.6. The first-order valence-corrected chi connectivity index (χ1v) is 12.4. The molecular weight excluding hydrogens is 480 g/mol. The van der Waals surface area contributed by atoms with Crippen molar-refractivity contribution in [1.82, 2.24) is 14.7 Å². The molecule has 0 spiro atoms.